The summed E-state index contributed by atoms with van der Waals surface area (Å²) in [5.41, 5.74) is 30.1. The van der Waals surface area contributed by atoms with Crippen LogP contribution >= 0.6 is 11.8 Å². The highest BCUT2D eigenvalue weighted by Crippen LogP contribution is 2.42. The molecule has 8 rings (SSSR count). The monoisotopic (exact) mass is 1560 g/mol. The minimum atomic E-state index is -2.05. The summed E-state index contributed by atoms with van der Waals surface area (Å²) in [6.07, 6.45) is -3.54. The van der Waals surface area contributed by atoms with Gasteiger partial charge in [0.1, 0.15) is 59.9 Å². The molecule has 0 aromatic heterocycles. The van der Waals surface area contributed by atoms with E-state index in [0.29, 0.717) is 35.3 Å². The highest BCUT2D eigenvalue weighted by atomic mass is 32.2. The number of Topliss-reactive ketones (excluding diaryl/α,β-unsaturated/α-hetero) is 2. The average molecular weight is 1560 g/mol. The molecule has 4 aliphatic heterocycles. The second kappa shape index (κ2) is 39.0. The lowest BCUT2D eigenvalue weighted by Crippen LogP contribution is -2.58. The number of thioether (sulfide) groups is 1. The summed E-state index contributed by atoms with van der Waals surface area (Å²) >= 11 is 1.22. The van der Waals surface area contributed by atoms with Crippen molar-refractivity contribution >= 4 is 128 Å². The van der Waals surface area contributed by atoms with Crippen molar-refractivity contribution in [1.29, 1.82) is 0 Å². The molecule has 2 aromatic carbocycles. The minimum absolute atomic E-state index is 0.0552. The third-order valence-corrected chi connectivity index (χ3v) is 22.8. The number of β-amino-alcohol motifs (C(OH)–C–C–N with tert-alkyl or cyclic N) is 2. The number of amides is 12. The van der Waals surface area contributed by atoms with Crippen molar-refractivity contribution in [3.63, 3.8) is 0 Å². The van der Waals surface area contributed by atoms with Crippen LogP contribution in [-0.4, -0.2) is 239 Å². The van der Waals surface area contributed by atoms with Crippen LogP contribution in [0.5, 0.6) is 0 Å². The summed E-state index contributed by atoms with van der Waals surface area (Å²) in [6, 6.07) is -2.07. The number of aryl methyl sites for hydroxylation is 2. The van der Waals surface area contributed by atoms with Crippen LogP contribution in [0.2, 0.25) is 0 Å². The maximum absolute atomic E-state index is 14.3. The number of hydrogen-bond donors (Lipinski definition) is 16. The molecule has 2 aromatic rings. The van der Waals surface area contributed by atoms with Gasteiger partial charge in [0, 0.05) is 75.1 Å². The van der Waals surface area contributed by atoms with Crippen molar-refractivity contribution in [1.82, 2.24) is 52.3 Å². The first kappa shape index (κ1) is 86.4. The number of nitrogens with one attached hydrogen (secondary N) is 8. The van der Waals surface area contributed by atoms with E-state index in [1.54, 1.807) is 20.8 Å². The van der Waals surface area contributed by atoms with E-state index >= 15 is 0 Å². The van der Waals surface area contributed by atoms with Gasteiger partial charge < -0.3 is 95.7 Å². The van der Waals surface area contributed by atoms with Crippen LogP contribution in [0.4, 0.5) is 0 Å². The normalized spacial score (nSPS) is 26.1. The fourth-order valence-electron chi connectivity index (χ4n) is 13.6. The van der Waals surface area contributed by atoms with E-state index in [0.717, 1.165) is 48.1 Å². The molecule has 35 nitrogen and oxygen atoms in total. The number of primary amides is 2. The van der Waals surface area contributed by atoms with E-state index in [4.69, 9.17) is 22.9 Å². The van der Waals surface area contributed by atoms with Gasteiger partial charge in [-0.25, -0.2) is 9.59 Å². The Balaban J connectivity index is 0.000000303. The van der Waals surface area contributed by atoms with Gasteiger partial charge in [0.2, 0.25) is 70.9 Å². The predicted octanol–water partition coefficient (Wildman–Crippen LogP) is -3.76. The number of nitrogens with two attached hydrogens (primary N) is 4. The van der Waals surface area contributed by atoms with Crippen LogP contribution in [0.15, 0.2) is 46.2 Å². The predicted molar refractivity (Wildman–Crippen MR) is 394 cm³/mol. The fourth-order valence-corrected chi connectivity index (χ4v) is 16.3. The Labute approximate surface area is 635 Å². The van der Waals surface area contributed by atoms with Crippen molar-refractivity contribution < 1.29 is 101 Å². The summed E-state index contributed by atoms with van der Waals surface area (Å²) in [7, 11) is -2.05. The van der Waals surface area contributed by atoms with E-state index < -0.39 is 210 Å². The lowest BCUT2D eigenvalue weighted by molar-refractivity contribution is -0.150. The Bertz CT molecular complexity index is 4020. The number of aliphatic hydroxyl groups excluding tert-OH is 2. The highest BCUT2D eigenvalue weighted by Gasteiger charge is 2.45. The maximum atomic E-state index is 14.3. The van der Waals surface area contributed by atoms with Crippen molar-refractivity contribution in [2.45, 2.75) is 204 Å². The van der Waals surface area contributed by atoms with Crippen molar-refractivity contribution in [3.05, 3.63) is 79.6 Å². The van der Waals surface area contributed by atoms with Gasteiger partial charge >= 0.3 is 11.9 Å². The van der Waals surface area contributed by atoms with E-state index in [-0.39, 0.29) is 87.7 Å². The standard InChI is InChI=1S/C36H49N7O11S.C36H49N7O10S/c1-4-18(3)32-34(50)39-14-31(48)40-25(33(49)41-24(13-29(38)46)35(51)43-15-20(44)11-26(43)36(52)53)16-55(54)28-10-19-9-17(2)5-6-21(19)22(28)12-23(37)27(45)7-8-30(47)42-32;1-4-18(3)32-34(50)39-14-31(48)40-25(33(49)41-24(13-29(38)46)35(51)43-15-20(44)11-26(43)36(52)53)16-54-28-10-19-9-17(2)5-6-21(19)22(28)12-23(37)27(45)7-8-30(47)42-32/h5-6,9,18,20,23-26,32,44H,4,7-8,10-16,37H2,1-3H3,(H2,38,46)(H,39,50)(H,40,48)(H,41,49)(H,42,47)(H,52,53);5-6,9,18,20,23-26,32,44H,4,7-8,10-16,37H2,1-3H3,(H2,38,46)(H,39,50)(H,40,48)(H,41,49)(H,42,47)(H,52,53)/t18-,20+,23-,24-,25-,26-,32-,55?;18-,20+,23-,24-,25-,26-,32-/m00/s1. The minimum Gasteiger partial charge on any atom is -0.480 e. The van der Waals surface area contributed by atoms with Crippen LogP contribution < -0.4 is 65.5 Å². The lowest BCUT2D eigenvalue weighted by Gasteiger charge is -2.28. The second-order valence-corrected chi connectivity index (χ2v) is 31.0. The number of ketones is 2. The number of rotatable bonds is 16. The number of aliphatic carboxylic acids is 2. The Morgan fingerprint density at radius 1 is 0.587 bits per heavy atom. The maximum Gasteiger partial charge on any atom is 0.326 e. The number of carboxylic acid groups (broad SMARTS) is 2. The van der Waals surface area contributed by atoms with Gasteiger partial charge in [0.25, 0.3) is 0 Å². The summed E-state index contributed by atoms with van der Waals surface area (Å²) < 4.78 is 14.3. The first-order valence-electron chi connectivity index (χ1n) is 35.9. The Hall–Kier alpha value is -9.82. The van der Waals surface area contributed by atoms with Crippen molar-refractivity contribution in [2.24, 2.45) is 34.8 Å². The summed E-state index contributed by atoms with van der Waals surface area (Å²) in [5.74, 6) is -15.2. The topological polar surface area (TPSA) is 578 Å². The first-order chi connectivity index (χ1) is 51.4. The summed E-state index contributed by atoms with van der Waals surface area (Å²) in [4.78, 5) is 211. The number of likely N-dealkylation sites (tertiary alicyclic amines) is 2. The van der Waals surface area contributed by atoms with Gasteiger partial charge in [-0.1, -0.05) is 88.1 Å². The largest absolute Gasteiger partial charge is 0.480 e. The van der Waals surface area contributed by atoms with Crippen LogP contribution in [0.1, 0.15) is 138 Å². The van der Waals surface area contributed by atoms with Crippen LogP contribution in [-0.2, 0) is 100 Å². The number of carbonyl (C=O) groups excluding carboxylic acids is 14. The molecule has 2 fully saturated rings. The molecule has 2 saturated heterocycles. The molecule has 0 saturated carbocycles. The first-order valence-corrected chi connectivity index (χ1v) is 38.2. The van der Waals surface area contributed by atoms with E-state index in [2.05, 4.69) is 42.5 Å². The SMILES string of the molecule is CC[C@H](C)[C@@H]1NC(=O)CCC(=O)[C@@H](N)CC2=C(Cc3cc(C)ccc32)S(=O)C[C@@H](C(=O)N[C@@H](CC(N)=O)C(=O)N2C[C@H](O)C[C@H]2C(=O)O)NC(=O)CNC1=O.CC[C@H](C)[C@@H]1NC(=O)CCC(=O)[C@@H](N)CC2=C(Cc3cc(C)ccc32)SC[C@@H](C(=O)N[C@@H](CC(N)=O)C(=O)N2C[C@H](O)C[C@H]2C(=O)O)NC(=O)CNC1=O. The number of nitrogens with zero attached hydrogens (tertiary/aromatic N) is 2. The summed E-state index contributed by atoms with van der Waals surface area (Å²) in [5, 5.41) is 59.5. The third kappa shape index (κ3) is 23.4. The Kier molecular flexibility index (Phi) is 30.9. The quantitative estimate of drug-likeness (QED) is 0.0767. The molecule has 37 heteroatoms. The molecule has 15 atom stereocenters. The van der Waals surface area contributed by atoms with Crippen molar-refractivity contribution in [3.8, 4) is 0 Å². The molecule has 12 amide bonds. The van der Waals surface area contributed by atoms with Gasteiger partial charge in [-0.05, 0) is 76.8 Å². The van der Waals surface area contributed by atoms with Gasteiger partial charge in [-0.3, -0.25) is 71.3 Å². The molecule has 0 spiro atoms. The number of aliphatic hydroxyl groups is 2. The summed E-state index contributed by atoms with van der Waals surface area (Å²) in [6.45, 7) is 8.86. The molecule has 6 aliphatic rings. The number of carbonyl (C=O) groups is 16. The third-order valence-electron chi connectivity index (χ3n) is 19.9. The zero-order valence-corrected chi connectivity index (χ0v) is 63.1. The van der Waals surface area contributed by atoms with Gasteiger partial charge in [-0.15, -0.1) is 11.8 Å². The van der Waals surface area contributed by atoms with E-state index in [1.165, 1.54) is 11.8 Å². The van der Waals surface area contributed by atoms with Crippen LogP contribution in [0, 0.1) is 25.7 Å². The molecule has 109 heavy (non-hydrogen) atoms. The average Bonchev–Trinajstić information content (AvgIpc) is 1.59. The van der Waals surface area contributed by atoms with Gasteiger partial charge in [0.05, 0.1) is 66.8 Å². The van der Waals surface area contributed by atoms with Gasteiger partial charge in [0.15, 0.2) is 0 Å². The molecule has 1 unspecified atom stereocenters. The smallest absolute Gasteiger partial charge is 0.326 e. The van der Waals surface area contributed by atoms with Crippen LogP contribution in [0.25, 0.3) is 11.1 Å². The highest BCUT2D eigenvalue weighted by molar-refractivity contribution is 8.03. The fraction of sp³-hybridized carbons (Fsp3) is 0.556. The molecular formula is C72H98N14O21S2. The van der Waals surface area contributed by atoms with Gasteiger partial charge in [-0.2, -0.15) is 0 Å². The Morgan fingerprint density at radius 2 is 1.00 bits per heavy atom. The lowest BCUT2D eigenvalue weighted by atomic mass is 9.95. The molecule has 2 aliphatic carbocycles. The van der Waals surface area contributed by atoms with E-state index in [9.17, 15) is 101 Å². The number of carboxylic acids is 2. The van der Waals surface area contributed by atoms with E-state index in [1.807, 2.05) is 57.2 Å². The zero-order chi connectivity index (χ0) is 80.6. The molecule has 594 valence electrons. The molecular weight excluding hydrogens is 1460 g/mol. The molecule has 0 bridgehead atoms. The number of fused-ring (bicyclic) bond motifs is 4. The molecule has 4 heterocycles. The number of allylic oxidation sites excluding steroid dienone is 2. The zero-order valence-electron chi connectivity index (χ0n) is 61.4. The number of benzene rings is 2. The Morgan fingerprint density at radius 3 is 1.43 bits per heavy atom. The van der Waals surface area contributed by atoms with Crippen LogP contribution in [0.3, 0.4) is 0 Å². The molecule has 0 radical (unpaired) electrons. The molecule has 20 N–H and O–H groups in total. The second-order valence-electron chi connectivity index (χ2n) is 28.3. The van der Waals surface area contributed by atoms with Crippen molar-refractivity contribution in [2.75, 3.05) is 37.7 Å². The number of hydrogen-bond acceptors (Lipinski definition) is 22.